The van der Waals surface area contributed by atoms with E-state index >= 15 is 0 Å². The summed E-state index contributed by atoms with van der Waals surface area (Å²) in [6.07, 6.45) is -0.702. The number of carbonyl (C=O) groups is 1. The molecule has 4 aromatic rings. The number of rotatable bonds is 7. The number of carbonyl (C=O) groups excluding carboxylic acids is 1. The van der Waals surface area contributed by atoms with Crippen molar-refractivity contribution >= 4 is 34.7 Å². The van der Waals surface area contributed by atoms with Gasteiger partial charge in [0.1, 0.15) is 45.7 Å². The molecule has 0 spiro atoms. The number of imidazole rings is 1. The summed E-state index contributed by atoms with van der Waals surface area (Å²) in [4.78, 5) is 28.7. The molecule has 1 amide bonds. The number of morpholine rings is 1. The monoisotopic (exact) mass is 659 g/mol. The minimum Gasteiger partial charge on any atom is -0.493 e. The molecule has 11 nitrogen and oxygen atoms in total. The van der Waals surface area contributed by atoms with Gasteiger partial charge in [-0.15, -0.1) is 0 Å². The molecule has 2 atom stereocenters. The average Bonchev–Trinajstić information content (AvgIpc) is 3.45. The van der Waals surface area contributed by atoms with Crippen LogP contribution in [0.25, 0.3) is 16.8 Å². The maximum Gasteiger partial charge on any atom is 0.416 e. The molecule has 46 heavy (non-hydrogen) atoms. The summed E-state index contributed by atoms with van der Waals surface area (Å²) >= 11 is 6.71. The van der Waals surface area contributed by atoms with Gasteiger partial charge in [-0.2, -0.15) is 13.2 Å². The van der Waals surface area contributed by atoms with Crippen LogP contribution in [0.5, 0.6) is 5.75 Å². The van der Waals surface area contributed by atoms with Crippen LogP contribution in [0.3, 0.4) is 0 Å². The average molecular weight is 660 g/mol. The van der Waals surface area contributed by atoms with Crippen LogP contribution in [0.2, 0.25) is 5.15 Å². The maximum absolute atomic E-state index is 13.2. The van der Waals surface area contributed by atoms with E-state index in [1.165, 1.54) is 18.3 Å². The van der Waals surface area contributed by atoms with E-state index < -0.39 is 23.8 Å². The third-order valence-corrected chi connectivity index (χ3v) is 8.49. The Morgan fingerprint density at radius 1 is 1.20 bits per heavy atom. The Morgan fingerprint density at radius 2 is 1.98 bits per heavy atom. The van der Waals surface area contributed by atoms with E-state index in [1.807, 2.05) is 0 Å². The summed E-state index contributed by atoms with van der Waals surface area (Å²) in [7, 11) is 0. The number of nitrogens with two attached hydrogens (primary N) is 1. The van der Waals surface area contributed by atoms with Gasteiger partial charge >= 0.3 is 6.18 Å². The summed E-state index contributed by atoms with van der Waals surface area (Å²) in [6, 6.07) is 6.82. The van der Waals surface area contributed by atoms with Crippen LogP contribution in [-0.2, 0) is 15.7 Å². The fourth-order valence-corrected chi connectivity index (χ4v) is 6.21. The van der Waals surface area contributed by atoms with Gasteiger partial charge in [0.05, 0.1) is 25.0 Å². The number of alkyl halides is 3. The first kappa shape index (κ1) is 32.0. The van der Waals surface area contributed by atoms with Gasteiger partial charge in [0, 0.05) is 49.2 Å². The highest BCUT2D eigenvalue weighted by Gasteiger charge is 2.36. The molecule has 0 bridgehead atoms. The van der Waals surface area contributed by atoms with E-state index in [9.17, 15) is 18.0 Å². The van der Waals surface area contributed by atoms with Crippen LogP contribution in [0.1, 0.15) is 54.5 Å². The number of ether oxygens (including phenoxy) is 3. The predicted molar refractivity (Wildman–Crippen MR) is 165 cm³/mol. The van der Waals surface area contributed by atoms with Crippen LogP contribution >= 0.6 is 11.6 Å². The lowest BCUT2D eigenvalue weighted by Crippen LogP contribution is -2.52. The summed E-state index contributed by atoms with van der Waals surface area (Å²) in [6.45, 7) is 6.70. The molecule has 2 fully saturated rings. The topological polar surface area (TPSA) is 129 Å². The van der Waals surface area contributed by atoms with E-state index in [4.69, 9.17) is 36.5 Å². The molecule has 0 saturated carbocycles. The van der Waals surface area contributed by atoms with E-state index in [-0.39, 0.29) is 29.8 Å². The second-order valence-corrected chi connectivity index (χ2v) is 11.6. The molecule has 6 rings (SSSR count). The molecule has 2 aliphatic heterocycles. The Morgan fingerprint density at radius 3 is 2.72 bits per heavy atom. The number of nitrogen functional groups attached to an aromatic ring is 1. The molecule has 1 aromatic carbocycles. The van der Waals surface area contributed by atoms with Crippen molar-refractivity contribution in [1.82, 2.24) is 24.3 Å². The van der Waals surface area contributed by atoms with E-state index in [2.05, 4.69) is 27.1 Å². The molecule has 0 radical (unpaired) electrons. The van der Waals surface area contributed by atoms with Crippen LogP contribution in [0, 0.1) is 0 Å². The SMILES string of the molecule is CCOc1cc(C(=O)Nc2cc(C(F)(F)F)ccn2)ccc1-c1nc([C@H]2CN(C3CCOCC3)[C@@H](C)CO2)n2c(Cl)cnc(N)c12. The van der Waals surface area contributed by atoms with E-state index in [0.29, 0.717) is 65.9 Å². The largest absolute Gasteiger partial charge is 0.493 e. The second-order valence-electron chi connectivity index (χ2n) is 11.2. The smallest absolute Gasteiger partial charge is 0.416 e. The van der Waals surface area contributed by atoms with Gasteiger partial charge in [0.2, 0.25) is 0 Å². The third-order valence-electron chi connectivity index (χ3n) is 8.23. The van der Waals surface area contributed by atoms with Crippen molar-refractivity contribution in [2.75, 3.05) is 44.0 Å². The van der Waals surface area contributed by atoms with Crippen molar-refractivity contribution in [3.05, 3.63) is 64.8 Å². The number of fused-ring (bicyclic) bond motifs is 1. The van der Waals surface area contributed by atoms with Gasteiger partial charge in [-0.05, 0) is 57.0 Å². The minimum atomic E-state index is -4.58. The Kier molecular flexibility index (Phi) is 9.06. The molecule has 3 N–H and O–H groups in total. The highest BCUT2D eigenvalue weighted by atomic mass is 35.5. The summed E-state index contributed by atoms with van der Waals surface area (Å²) in [5, 5.41) is 2.72. The highest BCUT2D eigenvalue weighted by Crippen LogP contribution is 2.40. The third kappa shape index (κ3) is 6.34. The molecule has 0 aliphatic carbocycles. The molecule has 0 unspecified atom stereocenters. The zero-order valence-electron chi connectivity index (χ0n) is 25.2. The van der Waals surface area contributed by atoms with Gasteiger partial charge in [0.15, 0.2) is 0 Å². The number of pyridine rings is 1. The number of hydrogen-bond donors (Lipinski definition) is 2. The first-order valence-electron chi connectivity index (χ1n) is 14.9. The lowest BCUT2D eigenvalue weighted by molar-refractivity contribution is -0.137. The number of benzene rings is 1. The number of anilines is 2. The van der Waals surface area contributed by atoms with Crippen LogP contribution in [0.15, 0.2) is 42.7 Å². The second kappa shape index (κ2) is 13.0. The molecule has 244 valence electrons. The number of amides is 1. The fourth-order valence-electron chi connectivity index (χ4n) is 5.99. The first-order chi connectivity index (χ1) is 22.0. The predicted octanol–water partition coefficient (Wildman–Crippen LogP) is 5.64. The quantitative estimate of drug-likeness (QED) is 0.259. The standard InChI is InChI=1S/C31H33ClF3N7O4/c1-3-45-22-12-18(30(43)39-25-13-19(6-9-37-25)31(33,34)35)4-5-21(22)26-27-28(36)38-14-24(32)42(27)29(40-26)23-15-41(17(2)16-46-23)20-7-10-44-11-8-20/h4-6,9,12-14,17,20,23H,3,7-8,10-11,15-16H2,1-2H3,(H2,36,38)(H,37,39,43)/t17-,23+/m0/s1. The van der Waals surface area contributed by atoms with Crippen molar-refractivity contribution in [2.24, 2.45) is 0 Å². The van der Waals surface area contributed by atoms with Gasteiger partial charge in [0.25, 0.3) is 5.91 Å². The first-order valence-corrected chi connectivity index (χ1v) is 15.3. The highest BCUT2D eigenvalue weighted by molar-refractivity contribution is 6.30. The Bertz CT molecular complexity index is 1750. The molecule has 3 aromatic heterocycles. The molecule has 2 aliphatic rings. The molecular formula is C31H33ClF3N7O4. The van der Waals surface area contributed by atoms with E-state index in [0.717, 1.165) is 31.2 Å². The van der Waals surface area contributed by atoms with Crippen molar-refractivity contribution in [3.8, 4) is 17.0 Å². The Hall–Kier alpha value is -3.98. The number of nitrogens with zero attached hydrogens (tertiary/aromatic N) is 5. The number of hydrogen-bond acceptors (Lipinski definition) is 9. The zero-order valence-corrected chi connectivity index (χ0v) is 25.9. The van der Waals surface area contributed by atoms with Crippen LogP contribution < -0.4 is 15.8 Å². The van der Waals surface area contributed by atoms with Gasteiger partial charge in [-0.1, -0.05) is 11.6 Å². The summed E-state index contributed by atoms with van der Waals surface area (Å²) < 4.78 is 59.1. The van der Waals surface area contributed by atoms with Crippen LogP contribution in [0.4, 0.5) is 24.8 Å². The summed E-state index contributed by atoms with van der Waals surface area (Å²) in [5.41, 5.74) is 7.02. The van der Waals surface area contributed by atoms with Crippen molar-refractivity contribution in [1.29, 1.82) is 0 Å². The fraction of sp³-hybridized carbons (Fsp3) is 0.419. The van der Waals surface area contributed by atoms with Crippen LogP contribution in [-0.4, -0.2) is 75.2 Å². The maximum atomic E-state index is 13.2. The lowest BCUT2D eigenvalue weighted by atomic mass is 10.0. The number of aromatic nitrogens is 4. The van der Waals surface area contributed by atoms with Crippen molar-refractivity contribution in [2.45, 2.75) is 51.1 Å². The van der Waals surface area contributed by atoms with E-state index in [1.54, 1.807) is 17.4 Å². The molecule has 5 heterocycles. The summed E-state index contributed by atoms with van der Waals surface area (Å²) in [5.74, 6) is 0.130. The zero-order chi connectivity index (χ0) is 32.6. The number of halogens is 4. The Balaban J connectivity index is 1.37. The molecular weight excluding hydrogens is 627 g/mol. The Labute approximate surface area is 267 Å². The molecule has 2 saturated heterocycles. The minimum absolute atomic E-state index is 0.135. The number of nitrogens with one attached hydrogen (secondary N) is 1. The van der Waals surface area contributed by atoms with Gasteiger partial charge in [-0.25, -0.2) is 15.0 Å². The van der Waals surface area contributed by atoms with Gasteiger partial charge < -0.3 is 25.3 Å². The van der Waals surface area contributed by atoms with Gasteiger partial charge in [-0.3, -0.25) is 14.1 Å². The van der Waals surface area contributed by atoms with Crippen molar-refractivity contribution in [3.63, 3.8) is 0 Å². The van der Waals surface area contributed by atoms with Crippen molar-refractivity contribution < 1.29 is 32.2 Å². The lowest BCUT2D eigenvalue weighted by Gasteiger charge is -2.43. The molecule has 15 heteroatoms. The normalized spacial score (nSPS) is 19.8.